The van der Waals surface area contributed by atoms with Gasteiger partial charge < -0.3 is 10.4 Å². The lowest BCUT2D eigenvalue weighted by Gasteiger charge is -1.97. The number of halogens is 1. The minimum Gasteiger partial charge on any atom is -0.481 e. The highest BCUT2D eigenvalue weighted by molar-refractivity contribution is 8.15. The topological polar surface area (TPSA) is 91.1 Å². The van der Waals surface area contributed by atoms with E-state index in [0.29, 0.717) is 0 Å². The fourth-order valence-corrected chi connectivity index (χ4v) is 1.73. The molecule has 0 saturated carbocycles. The van der Waals surface area contributed by atoms with E-state index in [2.05, 4.69) is 15.5 Å². The van der Waals surface area contributed by atoms with Crippen LogP contribution in [0, 0.1) is 0 Å². The number of nitrogens with zero attached hydrogens (tertiary/aromatic N) is 2. The molecule has 1 unspecified atom stereocenters. The second kappa shape index (κ2) is 4.70. The molecule has 0 aromatic rings. The highest BCUT2D eigenvalue weighted by atomic mass is 32.2. The van der Waals surface area contributed by atoms with Gasteiger partial charge in [-0.1, -0.05) is 11.8 Å². The minimum absolute atomic E-state index is 0.0236. The van der Waals surface area contributed by atoms with Gasteiger partial charge in [0.15, 0.2) is 11.6 Å². The molecule has 8 heteroatoms. The molecule has 0 radical (unpaired) electrons. The fraction of sp³-hybridized carbons (Fsp3) is 0.333. The quantitative estimate of drug-likeness (QED) is 0.514. The van der Waals surface area contributed by atoms with E-state index in [1.807, 2.05) is 0 Å². The van der Waals surface area contributed by atoms with Crippen LogP contribution in [0.4, 0.5) is 4.39 Å². The second-order valence-electron chi connectivity index (χ2n) is 2.31. The molecule has 76 valence electrons. The summed E-state index contributed by atoms with van der Waals surface area (Å²) in [6.07, 6.45) is -0.297. The van der Waals surface area contributed by atoms with Crippen molar-refractivity contribution >= 4 is 35.3 Å². The molecular weight excluding hydrogens is 213 g/mol. The Bertz CT molecular complexity index is 317. The number of carbonyl (C=O) groups is 2. The van der Waals surface area contributed by atoms with E-state index in [0.717, 1.165) is 11.8 Å². The number of carboxylic acid groups (broad SMARTS) is 1. The Hall–Kier alpha value is -1.44. The van der Waals surface area contributed by atoms with Crippen molar-refractivity contribution in [2.24, 2.45) is 10.2 Å². The number of hydrogen-bond acceptors (Lipinski definition) is 5. The highest BCUT2D eigenvalue weighted by Gasteiger charge is 2.32. The number of carbonyl (C=O) groups excluding carboxylic acids is 1. The van der Waals surface area contributed by atoms with E-state index in [9.17, 15) is 14.0 Å². The average molecular weight is 219 g/mol. The van der Waals surface area contributed by atoms with Crippen molar-refractivity contribution in [3.63, 3.8) is 0 Å². The molecule has 0 aromatic carbocycles. The molecule has 0 aliphatic carbocycles. The van der Waals surface area contributed by atoms with E-state index in [1.165, 1.54) is 0 Å². The van der Waals surface area contributed by atoms with Gasteiger partial charge in [-0.3, -0.25) is 9.59 Å². The third-order valence-corrected chi connectivity index (χ3v) is 2.40. The maximum Gasteiger partial charge on any atom is 0.305 e. The summed E-state index contributed by atoms with van der Waals surface area (Å²) < 4.78 is 11.4. The standard InChI is InChI=1S/C6H6FN3O3S/c7-2-8-10-6-9-5(13)3(14-6)1-4(11)12/h2-3H,1H2,(H,11,12)(H,9,10,13). The molecule has 1 rings (SSSR count). The molecule has 2 N–H and O–H groups in total. The van der Waals surface area contributed by atoms with Gasteiger partial charge in [0.05, 0.1) is 6.42 Å². The predicted octanol–water partition coefficient (Wildman–Crippen LogP) is -0.0385. The van der Waals surface area contributed by atoms with Crippen molar-refractivity contribution < 1.29 is 19.1 Å². The second-order valence-corrected chi connectivity index (χ2v) is 3.50. The van der Waals surface area contributed by atoms with Crippen molar-refractivity contribution in [3.8, 4) is 0 Å². The number of rotatable bonds is 3. The summed E-state index contributed by atoms with van der Waals surface area (Å²) in [4.78, 5) is 21.4. The van der Waals surface area contributed by atoms with Crippen LogP contribution in [0.25, 0.3) is 0 Å². The summed E-state index contributed by atoms with van der Waals surface area (Å²) in [5.41, 5.74) is 0. The summed E-state index contributed by atoms with van der Waals surface area (Å²) >= 11 is 0.915. The Labute approximate surface area is 82.3 Å². The fourth-order valence-electron chi connectivity index (χ4n) is 0.819. The maximum atomic E-state index is 11.4. The van der Waals surface area contributed by atoms with E-state index in [1.54, 1.807) is 0 Å². The summed E-state index contributed by atoms with van der Waals surface area (Å²) in [5.74, 6) is -1.53. The third-order valence-electron chi connectivity index (χ3n) is 1.33. The molecule has 1 fully saturated rings. The lowest BCUT2D eigenvalue weighted by molar-refractivity contribution is -0.138. The molecule has 0 spiro atoms. The van der Waals surface area contributed by atoms with Crippen molar-refractivity contribution in [3.05, 3.63) is 0 Å². The first kappa shape index (κ1) is 10.6. The van der Waals surface area contributed by atoms with Crippen LogP contribution in [0.1, 0.15) is 6.42 Å². The zero-order valence-electron chi connectivity index (χ0n) is 6.81. The molecule has 0 aromatic heterocycles. The molecule has 1 saturated heterocycles. The Kier molecular flexibility index (Phi) is 3.57. The van der Waals surface area contributed by atoms with Gasteiger partial charge in [0.2, 0.25) is 5.91 Å². The lowest BCUT2D eigenvalue weighted by atomic mass is 10.3. The van der Waals surface area contributed by atoms with Gasteiger partial charge in [-0.05, 0) is 0 Å². The number of nitrogens with one attached hydrogen (secondary N) is 1. The highest BCUT2D eigenvalue weighted by Crippen LogP contribution is 2.22. The van der Waals surface area contributed by atoms with E-state index < -0.39 is 17.1 Å². The van der Waals surface area contributed by atoms with E-state index in [4.69, 9.17) is 5.11 Å². The number of amides is 1. The largest absolute Gasteiger partial charge is 0.481 e. The molecule has 6 nitrogen and oxygen atoms in total. The molecule has 1 aliphatic heterocycles. The van der Waals surface area contributed by atoms with Gasteiger partial charge in [-0.25, -0.2) is 0 Å². The van der Waals surface area contributed by atoms with Crippen LogP contribution in [-0.2, 0) is 9.59 Å². The zero-order chi connectivity index (χ0) is 10.6. The van der Waals surface area contributed by atoms with Crippen LogP contribution in [0.2, 0.25) is 0 Å². The van der Waals surface area contributed by atoms with Crippen LogP contribution in [0.5, 0.6) is 0 Å². The molecule has 14 heavy (non-hydrogen) atoms. The number of carboxylic acids is 1. The van der Waals surface area contributed by atoms with Crippen molar-refractivity contribution in [2.45, 2.75) is 11.7 Å². The van der Waals surface area contributed by atoms with Crippen LogP contribution in [-0.4, -0.2) is 33.9 Å². The number of aliphatic carboxylic acids is 1. The molecule has 1 aliphatic rings. The Morgan fingerprint density at radius 1 is 1.79 bits per heavy atom. The molecular formula is C6H6FN3O3S. The monoisotopic (exact) mass is 219 g/mol. The third kappa shape index (κ3) is 2.80. The molecule has 0 bridgehead atoms. The summed E-state index contributed by atoms with van der Waals surface area (Å²) in [5, 5.41) is 16.3. The van der Waals surface area contributed by atoms with Crippen molar-refractivity contribution in [2.75, 3.05) is 0 Å². The minimum atomic E-state index is -1.08. The SMILES string of the molecule is O=C(O)CC1S/C(=N\N=CF)NC1=O. The Morgan fingerprint density at radius 2 is 2.50 bits per heavy atom. The van der Waals surface area contributed by atoms with Gasteiger partial charge in [-0.2, -0.15) is 4.39 Å². The lowest BCUT2D eigenvalue weighted by Crippen LogP contribution is -2.26. The number of thioether (sulfide) groups is 1. The van der Waals surface area contributed by atoms with E-state index >= 15 is 0 Å². The van der Waals surface area contributed by atoms with Gasteiger partial charge in [0.25, 0.3) is 0 Å². The van der Waals surface area contributed by atoms with Crippen LogP contribution >= 0.6 is 11.8 Å². The van der Waals surface area contributed by atoms with Crippen LogP contribution < -0.4 is 5.32 Å². The normalized spacial score (nSPS) is 24.5. The van der Waals surface area contributed by atoms with Crippen LogP contribution in [0.3, 0.4) is 0 Å². The first-order valence-corrected chi connectivity index (χ1v) is 4.40. The van der Waals surface area contributed by atoms with Gasteiger partial charge >= 0.3 is 5.97 Å². The van der Waals surface area contributed by atoms with E-state index in [-0.39, 0.29) is 18.1 Å². The molecule has 1 heterocycles. The Morgan fingerprint density at radius 3 is 3.07 bits per heavy atom. The maximum absolute atomic E-state index is 11.4. The molecule has 1 atom stereocenters. The summed E-state index contributed by atoms with van der Waals surface area (Å²) in [6, 6.07) is 0. The number of hydrogen-bond donors (Lipinski definition) is 2. The van der Waals surface area contributed by atoms with Crippen LogP contribution in [0.15, 0.2) is 10.2 Å². The van der Waals surface area contributed by atoms with Gasteiger partial charge in [-0.15, -0.1) is 10.2 Å². The zero-order valence-corrected chi connectivity index (χ0v) is 7.62. The molecule has 1 amide bonds. The van der Waals surface area contributed by atoms with Gasteiger partial charge in [0, 0.05) is 0 Å². The first-order chi connectivity index (χ1) is 6.63. The van der Waals surface area contributed by atoms with Gasteiger partial charge in [0.1, 0.15) is 5.25 Å². The van der Waals surface area contributed by atoms with Crippen molar-refractivity contribution in [1.29, 1.82) is 0 Å². The summed E-state index contributed by atoms with van der Waals surface area (Å²) in [6.45, 7) is -0.0236. The predicted molar refractivity (Wildman–Crippen MR) is 48.8 cm³/mol. The number of amidine groups is 1. The first-order valence-electron chi connectivity index (χ1n) is 3.52. The average Bonchev–Trinajstić information content (AvgIpc) is 2.43. The Balaban J connectivity index is 2.60. The smallest absolute Gasteiger partial charge is 0.305 e. The van der Waals surface area contributed by atoms with Crippen molar-refractivity contribution in [1.82, 2.24) is 5.32 Å². The summed E-state index contributed by atoms with van der Waals surface area (Å²) in [7, 11) is 0.